The summed E-state index contributed by atoms with van der Waals surface area (Å²) in [5.41, 5.74) is 16.8. The van der Waals surface area contributed by atoms with Crippen molar-refractivity contribution < 1.29 is 0 Å². The summed E-state index contributed by atoms with van der Waals surface area (Å²) >= 11 is 1.91. The number of fused-ring (bicyclic) bond motifs is 10. The van der Waals surface area contributed by atoms with Crippen molar-refractivity contribution in [3.05, 3.63) is 205 Å². The summed E-state index contributed by atoms with van der Waals surface area (Å²) in [6, 6.07) is 74.2. The van der Waals surface area contributed by atoms with E-state index in [2.05, 4.69) is 194 Å². The second-order valence-electron chi connectivity index (χ2n) is 19.9. The first kappa shape index (κ1) is 36.5. The van der Waals surface area contributed by atoms with Gasteiger partial charge >= 0.3 is 0 Å². The van der Waals surface area contributed by atoms with Gasteiger partial charge in [-0.3, -0.25) is 0 Å². The van der Waals surface area contributed by atoms with Gasteiger partial charge in [-0.25, -0.2) is 0 Å². The Hall–Kier alpha value is -6.80. The van der Waals surface area contributed by atoms with E-state index >= 15 is 0 Å². The molecule has 5 aliphatic rings. The monoisotopic (exact) mass is 846 g/mol. The van der Waals surface area contributed by atoms with E-state index in [1.807, 2.05) is 11.3 Å². The maximum atomic E-state index is 2.56. The summed E-state index contributed by atoms with van der Waals surface area (Å²) in [5, 5.41) is 10.6. The smallest absolute Gasteiger partial charge is 0.0434 e. The second-order valence-corrected chi connectivity index (χ2v) is 20.9. The molecule has 1 heteroatoms. The van der Waals surface area contributed by atoms with Gasteiger partial charge in [-0.2, -0.15) is 0 Å². The Kier molecular flexibility index (Phi) is 7.65. The summed E-state index contributed by atoms with van der Waals surface area (Å²) in [4.78, 5) is 0. The third-order valence-corrected chi connectivity index (χ3v) is 18.1. The largest absolute Gasteiger partial charge is 0.135 e. The Bertz CT molecular complexity index is 3700. The Morgan fingerprint density at radius 3 is 1.63 bits per heavy atom. The molecule has 0 radical (unpaired) electrons. The molecule has 11 aromatic rings. The zero-order valence-corrected chi connectivity index (χ0v) is 37.0. The fourth-order valence-electron chi connectivity index (χ4n) is 14.6. The maximum absolute atomic E-state index is 2.56. The zero-order chi connectivity index (χ0) is 42.4. The van der Waals surface area contributed by atoms with Gasteiger partial charge < -0.3 is 0 Å². The van der Waals surface area contributed by atoms with Crippen LogP contribution in [-0.4, -0.2) is 0 Å². The lowest BCUT2D eigenvalue weighted by Crippen LogP contribution is -2.55. The Balaban J connectivity index is 0.864. The van der Waals surface area contributed by atoms with E-state index in [9.17, 15) is 0 Å². The van der Waals surface area contributed by atoms with Crippen LogP contribution in [0, 0.1) is 23.7 Å². The third kappa shape index (κ3) is 5.03. The number of rotatable bonds is 4. The summed E-state index contributed by atoms with van der Waals surface area (Å²) in [5.74, 6) is 3.34. The van der Waals surface area contributed by atoms with E-state index in [1.54, 1.807) is 11.1 Å². The van der Waals surface area contributed by atoms with E-state index in [4.69, 9.17) is 0 Å². The molecular formula is C64H46S. The lowest BCUT2D eigenvalue weighted by Gasteiger charge is -2.61. The first-order valence-corrected chi connectivity index (χ1v) is 24.7. The lowest BCUT2D eigenvalue weighted by atomic mass is 9.43. The fourth-order valence-corrected chi connectivity index (χ4v) is 15.8. The summed E-state index contributed by atoms with van der Waals surface area (Å²) in [6.07, 6.45) is 7.07. The molecule has 0 amide bonds. The SMILES string of the molecule is c1cc(-c2ccc(-c3cccc4c3-c3c(ccc5ccccc35)C43C4CC5CC(C4)CC3C5)cc2)cc(-c2c3ccccc3c(-c3cccc4c3sc3ccccc34)c3ccccc23)c1. The van der Waals surface area contributed by atoms with Gasteiger partial charge in [0.15, 0.2) is 0 Å². The predicted molar refractivity (Wildman–Crippen MR) is 277 cm³/mol. The van der Waals surface area contributed by atoms with Crippen LogP contribution >= 0.6 is 11.3 Å². The fraction of sp³-hybridized carbons (Fsp3) is 0.156. The molecule has 0 aliphatic heterocycles. The van der Waals surface area contributed by atoms with Crippen LogP contribution in [0.4, 0.5) is 0 Å². The van der Waals surface area contributed by atoms with E-state index < -0.39 is 0 Å². The maximum Gasteiger partial charge on any atom is 0.0434 e. The van der Waals surface area contributed by atoms with Crippen LogP contribution in [-0.2, 0) is 5.41 Å². The van der Waals surface area contributed by atoms with Gasteiger partial charge in [0, 0.05) is 31.2 Å². The average molecular weight is 847 g/mol. The molecule has 4 fully saturated rings. The lowest BCUT2D eigenvalue weighted by molar-refractivity contribution is -0.0399. The normalized spacial score (nSPS) is 21.6. The first-order chi connectivity index (χ1) is 32.2. The molecule has 0 N–H and O–H groups in total. The van der Waals surface area contributed by atoms with Crippen LogP contribution in [0.2, 0.25) is 0 Å². The molecule has 16 rings (SSSR count). The van der Waals surface area contributed by atoms with Crippen LogP contribution < -0.4 is 0 Å². The predicted octanol–water partition coefficient (Wildman–Crippen LogP) is 17.9. The van der Waals surface area contributed by atoms with E-state index in [1.165, 1.54) is 140 Å². The minimum atomic E-state index is 0.136. The van der Waals surface area contributed by atoms with Crippen molar-refractivity contribution >= 4 is 63.8 Å². The molecule has 308 valence electrons. The second kappa shape index (κ2) is 13.6. The molecule has 4 saturated carbocycles. The van der Waals surface area contributed by atoms with Gasteiger partial charge in [0.2, 0.25) is 0 Å². The molecule has 0 atom stereocenters. The first-order valence-electron chi connectivity index (χ1n) is 23.9. The topological polar surface area (TPSA) is 0 Å². The highest BCUT2D eigenvalue weighted by Crippen LogP contribution is 2.70. The number of hydrogen-bond donors (Lipinski definition) is 0. The summed E-state index contributed by atoms with van der Waals surface area (Å²) < 4.78 is 2.69. The Labute approximate surface area is 383 Å². The van der Waals surface area contributed by atoms with Gasteiger partial charge in [0.1, 0.15) is 0 Å². The highest BCUT2D eigenvalue weighted by Gasteiger charge is 2.62. The van der Waals surface area contributed by atoms with E-state index in [-0.39, 0.29) is 5.41 Å². The molecule has 10 aromatic carbocycles. The van der Waals surface area contributed by atoms with Crippen molar-refractivity contribution in [2.45, 2.75) is 37.5 Å². The third-order valence-electron chi connectivity index (χ3n) is 16.8. The number of thiophene rings is 1. The zero-order valence-electron chi connectivity index (χ0n) is 36.2. The molecule has 1 heterocycles. The van der Waals surface area contributed by atoms with Crippen molar-refractivity contribution in [3.63, 3.8) is 0 Å². The van der Waals surface area contributed by atoms with Crippen molar-refractivity contribution in [1.29, 1.82) is 0 Å². The average Bonchev–Trinajstić information content (AvgIpc) is 3.89. The molecule has 0 unspecified atom stereocenters. The standard InChI is InChI=1S/C64H46S/c1-2-15-47-41(12-1)30-31-57-62(47)61-48(21-11-24-56(61)64(57)45-33-38-32-39(35-45)36-46(64)34-38)42-28-26-40(27-29-42)43-13-9-14-44(37-43)59-50-17-3-5-19-52(50)60(53-20-6-4-18-51(53)59)55-23-10-22-54-49-16-7-8-25-58(49)65-63(54)55/h1-31,37-39,45-46H,32-36H2. The van der Waals surface area contributed by atoms with Crippen LogP contribution in [0.1, 0.15) is 43.2 Å². The molecule has 1 spiro atoms. The quantitative estimate of drug-likeness (QED) is 0.155. The van der Waals surface area contributed by atoms with Crippen LogP contribution in [0.15, 0.2) is 194 Å². The number of hydrogen-bond acceptors (Lipinski definition) is 1. The van der Waals surface area contributed by atoms with Gasteiger partial charge in [-0.15, -0.1) is 11.3 Å². The van der Waals surface area contributed by atoms with Gasteiger partial charge in [-0.05, 0) is 161 Å². The highest BCUT2D eigenvalue weighted by atomic mass is 32.1. The molecular weight excluding hydrogens is 801 g/mol. The number of benzene rings is 10. The summed E-state index contributed by atoms with van der Waals surface area (Å²) in [6.45, 7) is 0. The van der Waals surface area contributed by atoms with Crippen LogP contribution in [0.3, 0.4) is 0 Å². The minimum absolute atomic E-state index is 0.136. The van der Waals surface area contributed by atoms with Gasteiger partial charge in [-0.1, -0.05) is 182 Å². The highest BCUT2D eigenvalue weighted by molar-refractivity contribution is 7.26. The minimum Gasteiger partial charge on any atom is -0.135 e. The molecule has 4 bridgehead atoms. The van der Waals surface area contributed by atoms with Crippen LogP contribution in [0.5, 0.6) is 0 Å². The van der Waals surface area contributed by atoms with E-state index in [0.29, 0.717) is 0 Å². The molecule has 65 heavy (non-hydrogen) atoms. The van der Waals surface area contributed by atoms with E-state index in [0.717, 1.165) is 23.7 Å². The molecule has 0 nitrogen and oxygen atoms in total. The molecule has 5 aliphatic carbocycles. The molecule has 0 saturated heterocycles. The Morgan fingerprint density at radius 1 is 0.338 bits per heavy atom. The van der Waals surface area contributed by atoms with Gasteiger partial charge in [0.25, 0.3) is 0 Å². The summed E-state index contributed by atoms with van der Waals surface area (Å²) in [7, 11) is 0. The Morgan fingerprint density at radius 2 is 0.892 bits per heavy atom. The van der Waals surface area contributed by atoms with Crippen molar-refractivity contribution in [3.8, 4) is 55.6 Å². The van der Waals surface area contributed by atoms with Crippen molar-refractivity contribution in [2.75, 3.05) is 0 Å². The van der Waals surface area contributed by atoms with Crippen molar-refractivity contribution in [2.24, 2.45) is 23.7 Å². The van der Waals surface area contributed by atoms with Crippen molar-refractivity contribution in [1.82, 2.24) is 0 Å². The van der Waals surface area contributed by atoms with Gasteiger partial charge in [0.05, 0.1) is 0 Å². The van der Waals surface area contributed by atoms with Crippen LogP contribution in [0.25, 0.3) is 108 Å². The molecule has 1 aromatic heterocycles.